The van der Waals surface area contributed by atoms with E-state index in [2.05, 4.69) is 43.9 Å². The Balaban J connectivity index is 3.05. The van der Waals surface area contributed by atoms with Gasteiger partial charge in [0, 0.05) is 12.7 Å². The molecule has 0 bridgehead atoms. The Morgan fingerprint density at radius 2 is 1.92 bits per heavy atom. The van der Waals surface area contributed by atoms with Crippen molar-refractivity contribution in [1.29, 1.82) is 0 Å². The average molecular weight is 161 g/mol. The molecular weight excluding hydrogens is 146 g/mol. The molecule has 1 rings (SSSR count). The van der Waals surface area contributed by atoms with Crippen LogP contribution in [0.2, 0.25) is 0 Å². The minimum absolute atomic E-state index is 0.970. The summed E-state index contributed by atoms with van der Waals surface area (Å²) in [6.45, 7) is 8.13. The van der Waals surface area contributed by atoms with Gasteiger partial charge < -0.3 is 5.32 Å². The molecule has 1 aromatic rings. The molecule has 0 heterocycles. The summed E-state index contributed by atoms with van der Waals surface area (Å²) in [7, 11) is 1.89. The van der Waals surface area contributed by atoms with Gasteiger partial charge in [-0.1, -0.05) is 18.7 Å². The molecule has 1 N–H and O–H groups in total. The standard InChI is InChI=1S/C11H15N/c1-8-5-6-11(7-9(8)2)10(3)12-4/h5-7,12H,3H2,1-2,4H3. The fourth-order valence-corrected chi connectivity index (χ4v) is 1.07. The van der Waals surface area contributed by atoms with Crippen molar-refractivity contribution < 1.29 is 0 Å². The van der Waals surface area contributed by atoms with Crippen LogP contribution in [0, 0.1) is 13.8 Å². The van der Waals surface area contributed by atoms with Gasteiger partial charge >= 0.3 is 0 Å². The van der Waals surface area contributed by atoms with Gasteiger partial charge in [-0.25, -0.2) is 0 Å². The summed E-state index contributed by atoms with van der Waals surface area (Å²) in [6, 6.07) is 6.35. The normalized spacial score (nSPS) is 9.58. The molecule has 0 fully saturated rings. The van der Waals surface area contributed by atoms with Gasteiger partial charge in [0.2, 0.25) is 0 Å². The van der Waals surface area contributed by atoms with Crippen molar-refractivity contribution in [2.45, 2.75) is 13.8 Å². The summed E-state index contributed by atoms with van der Waals surface area (Å²) in [4.78, 5) is 0. The summed E-state index contributed by atoms with van der Waals surface area (Å²) >= 11 is 0. The lowest BCUT2D eigenvalue weighted by Crippen LogP contribution is -2.02. The molecule has 64 valence electrons. The molecule has 0 aliphatic rings. The lowest BCUT2D eigenvalue weighted by molar-refractivity contribution is 1.13. The highest BCUT2D eigenvalue weighted by Gasteiger charge is 1.97. The Morgan fingerprint density at radius 3 is 2.42 bits per heavy atom. The zero-order chi connectivity index (χ0) is 9.14. The number of aryl methyl sites for hydroxylation is 2. The number of rotatable bonds is 2. The van der Waals surface area contributed by atoms with E-state index in [0.29, 0.717) is 0 Å². The van der Waals surface area contributed by atoms with Crippen molar-refractivity contribution in [2.24, 2.45) is 0 Å². The zero-order valence-electron chi connectivity index (χ0n) is 7.94. The van der Waals surface area contributed by atoms with Gasteiger partial charge in [-0.05, 0) is 36.6 Å². The predicted octanol–water partition coefficient (Wildman–Crippen LogP) is 2.49. The third kappa shape index (κ3) is 1.67. The van der Waals surface area contributed by atoms with E-state index in [0.717, 1.165) is 5.70 Å². The maximum absolute atomic E-state index is 3.90. The zero-order valence-corrected chi connectivity index (χ0v) is 7.94. The van der Waals surface area contributed by atoms with Crippen LogP contribution in [-0.4, -0.2) is 7.05 Å². The van der Waals surface area contributed by atoms with E-state index in [4.69, 9.17) is 0 Å². The van der Waals surface area contributed by atoms with E-state index in [1.807, 2.05) is 7.05 Å². The summed E-state index contributed by atoms with van der Waals surface area (Å²) < 4.78 is 0. The molecule has 0 atom stereocenters. The van der Waals surface area contributed by atoms with Gasteiger partial charge in [-0.2, -0.15) is 0 Å². The van der Waals surface area contributed by atoms with E-state index in [1.165, 1.54) is 16.7 Å². The van der Waals surface area contributed by atoms with Crippen molar-refractivity contribution in [1.82, 2.24) is 5.32 Å². The third-order valence-corrected chi connectivity index (χ3v) is 2.16. The van der Waals surface area contributed by atoms with E-state index in [-0.39, 0.29) is 0 Å². The molecule has 0 aliphatic carbocycles. The molecule has 0 saturated carbocycles. The van der Waals surface area contributed by atoms with Crippen LogP contribution in [0.3, 0.4) is 0 Å². The Bertz CT molecular complexity index is 300. The first-order chi connectivity index (χ1) is 5.65. The third-order valence-electron chi connectivity index (χ3n) is 2.16. The van der Waals surface area contributed by atoms with Gasteiger partial charge in [0.05, 0.1) is 0 Å². The molecule has 0 aromatic heterocycles. The van der Waals surface area contributed by atoms with E-state index in [9.17, 15) is 0 Å². The Labute approximate surface area is 74.1 Å². The number of benzene rings is 1. The summed E-state index contributed by atoms with van der Waals surface area (Å²) in [5.41, 5.74) is 4.77. The minimum Gasteiger partial charge on any atom is -0.388 e. The SMILES string of the molecule is C=C(NC)c1ccc(C)c(C)c1. The van der Waals surface area contributed by atoms with Gasteiger partial charge in [0.25, 0.3) is 0 Å². The van der Waals surface area contributed by atoms with Crippen LogP contribution < -0.4 is 5.32 Å². The summed E-state index contributed by atoms with van der Waals surface area (Å²) in [5, 5.41) is 3.03. The van der Waals surface area contributed by atoms with Gasteiger partial charge in [-0.3, -0.25) is 0 Å². The van der Waals surface area contributed by atoms with Gasteiger partial charge in [0.15, 0.2) is 0 Å². The highest BCUT2D eigenvalue weighted by molar-refractivity contribution is 5.62. The molecule has 0 unspecified atom stereocenters. The van der Waals surface area contributed by atoms with E-state index >= 15 is 0 Å². The fourth-order valence-electron chi connectivity index (χ4n) is 1.07. The number of nitrogens with one attached hydrogen (secondary N) is 1. The monoisotopic (exact) mass is 161 g/mol. The first-order valence-corrected chi connectivity index (χ1v) is 4.09. The second-order valence-corrected chi connectivity index (χ2v) is 3.03. The Kier molecular flexibility index (Phi) is 2.54. The highest BCUT2D eigenvalue weighted by Crippen LogP contribution is 2.14. The molecule has 0 amide bonds. The fraction of sp³-hybridized carbons (Fsp3) is 0.273. The molecule has 12 heavy (non-hydrogen) atoms. The molecule has 0 spiro atoms. The van der Waals surface area contributed by atoms with Crippen molar-refractivity contribution in [3.05, 3.63) is 41.5 Å². The molecule has 0 saturated heterocycles. The molecular formula is C11H15N. The van der Waals surface area contributed by atoms with Crippen molar-refractivity contribution in [3.63, 3.8) is 0 Å². The molecule has 0 aliphatic heterocycles. The largest absolute Gasteiger partial charge is 0.388 e. The number of hydrogen-bond acceptors (Lipinski definition) is 1. The first kappa shape index (κ1) is 8.85. The van der Waals surface area contributed by atoms with Crippen LogP contribution in [0.1, 0.15) is 16.7 Å². The molecule has 0 radical (unpaired) electrons. The van der Waals surface area contributed by atoms with E-state index in [1.54, 1.807) is 0 Å². The lowest BCUT2D eigenvalue weighted by Gasteiger charge is -2.07. The average Bonchev–Trinajstić information content (AvgIpc) is 2.08. The quantitative estimate of drug-likeness (QED) is 0.702. The lowest BCUT2D eigenvalue weighted by atomic mass is 10.1. The number of hydrogen-bond donors (Lipinski definition) is 1. The Hall–Kier alpha value is -1.24. The van der Waals surface area contributed by atoms with Crippen LogP contribution in [0.5, 0.6) is 0 Å². The topological polar surface area (TPSA) is 12.0 Å². The van der Waals surface area contributed by atoms with Crippen LogP contribution in [0.25, 0.3) is 5.70 Å². The first-order valence-electron chi connectivity index (χ1n) is 4.09. The molecule has 1 heteroatoms. The van der Waals surface area contributed by atoms with Crippen molar-refractivity contribution in [2.75, 3.05) is 7.05 Å². The van der Waals surface area contributed by atoms with Gasteiger partial charge in [-0.15, -0.1) is 0 Å². The molecule has 1 aromatic carbocycles. The highest BCUT2D eigenvalue weighted by atomic mass is 14.8. The van der Waals surface area contributed by atoms with Crippen LogP contribution in [-0.2, 0) is 0 Å². The van der Waals surface area contributed by atoms with Crippen LogP contribution in [0.4, 0.5) is 0 Å². The van der Waals surface area contributed by atoms with Crippen LogP contribution >= 0.6 is 0 Å². The smallest absolute Gasteiger partial charge is 0.0338 e. The molecule has 1 nitrogen and oxygen atoms in total. The second kappa shape index (κ2) is 3.44. The maximum atomic E-state index is 3.90. The van der Waals surface area contributed by atoms with Gasteiger partial charge in [0.1, 0.15) is 0 Å². The second-order valence-electron chi connectivity index (χ2n) is 3.03. The maximum Gasteiger partial charge on any atom is 0.0338 e. The summed E-state index contributed by atoms with van der Waals surface area (Å²) in [6.07, 6.45) is 0. The Morgan fingerprint density at radius 1 is 1.25 bits per heavy atom. The van der Waals surface area contributed by atoms with Crippen molar-refractivity contribution in [3.8, 4) is 0 Å². The summed E-state index contributed by atoms with van der Waals surface area (Å²) in [5.74, 6) is 0. The minimum atomic E-state index is 0.970. The van der Waals surface area contributed by atoms with Crippen LogP contribution in [0.15, 0.2) is 24.8 Å². The predicted molar refractivity (Wildman–Crippen MR) is 54.0 cm³/mol. The van der Waals surface area contributed by atoms with E-state index < -0.39 is 0 Å². The van der Waals surface area contributed by atoms with Crippen molar-refractivity contribution >= 4 is 5.70 Å².